The van der Waals surface area contributed by atoms with E-state index in [1.807, 2.05) is 25.1 Å². The second kappa shape index (κ2) is 4.55. The number of aryl methyl sites for hydroxylation is 1. The van der Waals surface area contributed by atoms with E-state index >= 15 is 0 Å². The highest BCUT2D eigenvalue weighted by Gasteiger charge is 2.23. The number of hydrogen-bond acceptors (Lipinski definition) is 4. The molecule has 1 aromatic carbocycles. The number of benzene rings is 1. The fraction of sp³-hybridized carbons (Fsp3) is 0.333. The van der Waals surface area contributed by atoms with Gasteiger partial charge in [0.2, 0.25) is 11.8 Å². The van der Waals surface area contributed by atoms with Gasteiger partial charge in [-0.05, 0) is 13.0 Å². The Kier molecular flexibility index (Phi) is 3.10. The quantitative estimate of drug-likeness (QED) is 0.704. The van der Waals surface area contributed by atoms with Gasteiger partial charge in [0.25, 0.3) is 0 Å². The first kappa shape index (κ1) is 11.6. The van der Waals surface area contributed by atoms with Gasteiger partial charge in [-0.2, -0.15) is 0 Å². The Labute approximate surface area is 99.0 Å². The second-order valence-electron chi connectivity index (χ2n) is 4.12. The van der Waals surface area contributed by atoms with Crippen molar-refractivity contribution >= 4 is 17.5 Å². The standard InChI is InChI=1S/C12H14N2O3/c1-8-2-3-10(9(4-8)7-15)14-5-11(16)13-12(17)6-14/h2-4,15H,5-7H2,1H3,(H,13,16,17). The molecule has 0 atom stereocenters. The van der Waals surface area contributed by atoms with Gasteiger partial charge in [-0.25, -0.2) is 0 Å². The zero-order chi connectivity index (χ0) is 12.4. The fourth-order valence-electron chi connectivity index (χ4n) is 1.96. The summed E-state index contributed by atoms with van der Waals surface area (Å²) in [4.78, 5) is 24.2. The smallest absolute Gasteiger partial charge is 0.246 e. The average Bonchev–Trinajstić information content (AvgIpc) is 2.27. The molecule has 1 aliphatic rings. The van der Waals surface area contributed by atoms with Crippen LogP contribution in [0.2, 0.25) is 0 Å². The van der Waals surface area contributed by atoms with Crippen molar-refractivity contribution in [2.24, 2.45) is 0 Å². The van der Waals surface area contributed by atoms with Crippen molar-refractivity contribution in [2.75, 3.05) is 18.0 Å². The lowest BCUT2D eigenvalue weighted by atomic mass is 10.1. The molecule has 1 aromatic rings. The van der Waals surface area contributed by atoms with Gasteiger partial charge in [0.05, 0.1) is 19.7 Å². The van der Waals surface area contributed by atoms with Gasteiger partial charge in [0, 0.05) is 11.3 Å². The number of imide groups is 1. The molecule has 5 nitrogen and oxygen atoms in total. The van der Waals surface area contributed by atoms with Gasteiger partial charge in [-0.1, -0.05) is 17.7 Å². The number of aliphatic hydroxyl groups excluding tert-OH is 1. The first-order valence-corrected chi connectivity index (χ1v) is 5.38. The van der Waals surface area contributed by atoms with E-state index in [1.54, 1.807) is 4.90 Å². The summed E-state index contributed by atoms with van der Waals surface area (Å²) < 4.78 is 0. The monoisotopic (exact) mass is 234 g/mol. The lowest BCUT2D eigenvalue weighted by Gasteiger charge is -2.29. The van der Waals surface area contributed by atoms with Crippen LogP contribution in [0.3, 0.4) is 0 Å². The van der Waals surface area contributed by atoms with Crippen LogP contribution in [0, 0.1) is 6.92 Å². The highest BCUT2D eigenvalue weighted by molar-refractivity contribution is 6.02. The Hall–Kier alpha value is -1.88. The number of aliphatic hydroxyl groups is 1. The van der Waals surface area contributed by atoms with Gasteiger partial charge in [-0.15, -0.1) is 0 Å². The molecule has 1 saturated heterocycles. The van der Waals surface area contributed by atoms with Gasteiger partial charge in [0.1, 0.15) is 0 Å². The molecular weight excluding hydrogens is 220 g/mol. The summed E-state index contributed by atoms with van der Waals surface area (Å²) >= 11 is 0. The van der Waals surface area contributed by atoms with Crippen LogP contribution in [0.15, 0.2) is 18.2 Å². The largest absolute Gasteiger partial charge is 0.392 e. The summed E-state index contributed by atoms with van der Waals surface area (Å²) in [5, 5.41) is 11.5. The van der Waals surface area contributed by atoms with E-state index in [0.717, 1.165) is 16.8 Å². The SMILES string of the molecule is Cc1ccc(N2CC(=O)NC(=O)C2)c(CO)c1. The van der Waals surface area contributed by atoms with Crippen molar-refractivity contribution in [3.63, 3.8) is 0 Å². The molecule has 17 heavy (non-hydrogen) atoms. The summed E-state index contributed by atoms with van der Waals surface area (Å²) in [5.41, 5.74) is 2.50. The maximum absolute atomic E-state index is 11.3. The predicted molar refractivity (Wildman–Crippen MR) is 62.5 cm³/mol. The molecule has 0 aromatic heterocycles. The van der Waals surface area contributed by atoms with E-state index in [0.29, 0.717) is 0 Å². The number of nitrogens with one attached hydrogen (secondary N) is 1. The van der Waals surface area contributed by atoms with Crippen LogP contribution >= 0.6 is 0 Å². The molecule has 0 unspecified atom stereocenters. The third-order valence-electron chi connectivity index (χ3n) is 2.69. The van der Waals surface area contributed by atoms with Gasteiger partial charge < -0.3 is 10.0 Å². The fourth-order valence-corrected chi connectivity index (χ4v) is 1.96. The zero-order valence-corrected chi connectivity index (χ0v) is 9.56. The third kappa shape index (κ3) is 2.45. The number of carbonyl (C=O) groups is 2. The summed E-state index contributed by atoms with van der Waals surface area (Å²) in [5.74, 6) is -0.628. The van der Waals surface area contributed by atoms with Crippen molar-refractivity contribution in [1.29, 1.82) is 0 Å². The highest BCUT2D eigenvalue weighted by Crippen LogP contribution is 2.22. The Morgan fingerprint density at radius 1 is 1.29 bits per heavy atom. The van der Waals surface area contributed by atoms with Crippen molar-refractivity contribution in [2.45, 2.75) is 13.5 Å². The molecule has 2 amide bonds. The molecule has 0 bridgehead atoms. The lowest BCUT2D eigenvalue weighted by molar-refractivity contribution is -0.130. The number of hydrogen-bond donors (Lipinski definition) is 2. The minimum absolute atomic E-state index is 0.108. The molecule has 1 aliphatic heterocycles. The van der Waals surface area contributed by atoms with E-state index in [9.17, 15) is 14.7 Å². The maximum Gasteiger partial charge on any atom is 0.246 e. The van der Waals surface area contributed by atoms with Crippen LogP contribution in [0.25, 0.3) is 0 Å². The number of anilines is 1. The summed E-state index contributed by atoms with van der Waals surface area (Å²) in [6.45, 7) is 2.10. The minimum atomic E-state index is -0.314. The molecule has 0 aliphatic carbocycles. The number of nitrogens with zero attached hydrogens (tertiary/aromatic N) is 1. The average molecular weight is 234 g/mol. The van der Waals surface area contributed by atoms with Crippen LogP contribution in [0.4, 0.5) is 5.69 Å². The number of carbonyl (C=O) groups excluding carboxylic acids is 2. The minimum Gasteiger partial charge on any atom is -0.392 e. The molecule has 0 radical (unpaired) electrons. The molecule has 1 heterocycles. The topological polar surface area (TPSA) is 69.6 Å². The molecular formula is C12H14N2O3. The first-order chi connectivity index (χ1) is 8.10. The van der Waals surface area contributed by atoms with E-state index in [-0.39, 0.29) is 31.5 Å². The number of piperazine rings is 1. The molecule has 90 valence electrons. The normalized spacial score (nSPS) is 16.0. The van der Waals surface area contributed by atoms with E-state index in [4.69, 9.17) is 0 Å². The molecule has 1 fully saturated rings. The van der Waals surface area contributed by atoms with E-state index in [2.05, 4.69) is 5.32 Å². The maximum atomic E-state index is 11.3. The van der Waals surface area contributed by atoms with Gasteiger partial charge in [0.15, 0.2) is 0 Å². The van der Waals surface area contributed by atoms with Crippen LogP contribution in [-0.2, 0) is 16.2 Å². The summed E-state index contributed by atoms with van der Waals surface area (Å²) in [7, 11) is 0. The predicted octanol–water partition coefficient (Wildman–Crippen LogP) is -0.0499. The van der Waals surface area contributed by atoms with Gasteiger partial charge in [-0.3, -0.25) is 14.9 Å². The number of rotatable bonds is 2. The first-order valence-electron chi connectivity index (χ1n) is 5.38. The van der Waals surface area contributed by atoms with E-state index in [1.165, 1.54) is 0 Å². The van der Waals surface area contributed by atoms with Crippen molar-refractivity contribution in [3.8, 4) is 0 Å². The Morgan fingerprint density at radius 2 is 1.94 bits per heavy atom. The van der Waals surface area contributed by atoms with Crippen molar-refractivity contribution < 1.29 is 14.7 Å². The Bertz CT molecular complexity index is 455. The summed E-state index contributed by atoms with van der Waals surface area (Å²) in [6, 6.07) is 5.57. The Morgan fingerprint density at radius 3 is 2.53 bits per heavy atom. The number of amides is 2. The zero-order valence-electron chi connectivity index (χ0n) is 9.56. The summed E-state index contributed by atoms with van der Waals surface area (Å²) in [6.07, 6.45) is 0. The molecule has 0 saturated carbocycles. The van der Waals surface area contributed by atoms with Crippen molar-refractivity contribution in [1.82, 2.24) is 5.32 Å². The Balaban J connectivity index is 2.32. The van der Waals surface area contributed by atoms with Crippen LogP contribution < -0.4 is 10.2 Å². The van der Waals surface area contributed by atoms with Crippen molar-refractivity contribution in [3.05, 3.63) is 29.3 Å². The second-order valence-corrected chi connectivity index (χ2v) is 4.12. The van der Waals surface area contributed by atoms with Gasteiger partial charge >= 0.3 is 0 Å². The molecule has 2 rings (SSSR count). The van der Waals surface area contributed by atoms with E-state index < -0.39 is 0 Å². The molecule has 0 spiro atoms. The van der Waals surface area contributed by atoms with Crippen LogP contribution in [-0.4, -0.2) is 30.0 Å². The molecule has 2 N–H and O–H groups in total. The lowest BCUT2D eigenvalue weighted by Crippen LogP contribution is -2.51. The highest BCUT2D eigenvalue weighted by atomic mass is 16.3. The third-order valence-corrected chi connectivity index (χ3v) is 2.69. The van der Waals surface area contributed by atoms with Crippen LogP contribution in [0.5, 0.6) is 0 Å². The van der Waals surface area contributed by atoms with Crippen LogP contribution in [0.1, 0.15) is 11.1 Å². The molecule has 5 heteroatoms.